The number of aryl methyl sites for hydroxylation is 1. The van der Waals surface area contributed by atoms with Gasteiger partial charge in [0.1, 0.15) is 5.82 Å². The summed E-state index contributed by atoms with van der Waals surface area (Å²) in [5.41, 5.74) is 3.25. The number of nitrogens with one attached hydrogen (secondary N) is 1. The molecule has 6 nitrogen and oxygen atoms in total. The summed E-state index contributed by atoms with van der Waals surface area (Å²) in [5.74, 6) is -1.52. The zero-order valence-corrected chi connectivity index (χ0v) is 19.9. The Morgan fingerprint density at radius 1 is 0.971 bits per heavy atom. The lowest BCUT2D eigenvalue weighted by Crippen LogP contribution is -2.40. The van der Waals surface area contributed by atoms with Crippen molar-refractivity contribution in [1.29, 1.82) is 0 Å². The molecule has 2 saturated heterocycles. The number of carbonyl (C=O) groups is 1. The highest BCUT2D eigenvalue weighted by molar-refractivity contribution is 6.08. The molecule has 1 aromatic heterocycles. The highest BCUT2D eigenvalue weighted by Crippen LogP contribution is 2.54. The molecule has 182 valence electrons. The van der Waals surface area contributed by atoms with Crippen LogP contribution in [-0.4, -0.2) is 50.1 Å². The van der Waals surface area contributed by atoms with E-state index in [0.717, 1.165) is 24.3 Å². The molecule has 8 heteroatoms. The van der Waals surface area contributed by atoms with E-state index in [2.05, 4.69) is 21.3 Å². The molecule has 1 amide bonds. The molecule has 3 aliphatic rings. The molecule has 1 aromatic carbocycles. The van der Waals surface area contributed by atoms with Crippen molar-refractivity contribution >= 4 is 23.2 Å². The minimum atomic E-state index is -2.65. The average molecular weight is 471 g/mol. The summed E-state index contributed by atoms with van der Waals surface area (Å²) in [4.78, 5) is 22.0. The van der Waals surface area contributed by atoms with Crippen LogP contribution in [-0.2, 0) is 0 Å². The molecule has 0 radical (unpaired) electrons. The quantitative estimate of drug-likeness (QED) is 0.646. The number of piperidine rings is 2. The van der Waals surface area contributed by atoms with E-state index in [-0.39, 0.29) is 31.8 Å². The number of benzene rings is 1. The van der Waals surface area contributed by atoms with Gasteiger partial charge in [-0.2, -0.15) is 0 Å². The van der Waals surface area contributed by atoms with Crippen molar-refractivity contribution in [3.8, 4) is 5.75 Å². The van der Waals surface area contributed by atoms with Crippen LogP contribution < -0.4 is 19.9 Å². The van der Waals surface area contributed by atoms with E-state index in [0.29, 0.717) is 28.4 Å². The fourth-order valence-corrected chi connectivity index (χ4v) is 5.11. The Bertz CT molecular complexity index is 1070. The first-order chi connectivity index (χ1) is 16.3. The van der Waals surface area contributed by atoms with Crippen molar-refractivity contribution in [3.63, 3.8) is 0 Å². The molecular weight excluding hydrogens is 438 g/mol. The van der Waals surface area contributed by atoms with Crippen LogP contribution in [0.1, 0.15) is 54.4 Å². The van der Waals surface area contributed by atoms with E-state index in [1.165, 1.54) is 32.8 Å². The van der Waals surface area contributed by atoms with Crippen LogP contribution in [0.25, 0.3) is 0 Å². The van der Waals surface area contributed by atoms with Crippen LogP contribution in [0.4, 0.5) is 26.1 Å². The second-order valence-electron chi connectivity index (χ2n) is 10.0. The second kappa shape index (κ2) is 8.71. The first-order valence-corrected chi connectivity index (χ1v) is 12.1. The first-order valence-electron chi connectivity index (χ1n) is 12.1. The van der Waals surface area contributed by atoms with Gasteiger partial charge in [-0.15, -0.1) is 0 Å². The summed E-state index contributed by atoms with van der Waals surface area (Å²) in [7, 11) is 1.53. The minimum absolute atomic E-state index is 0.187. The molecule has 1 saturated carbocycles. The minimum Gasteiger partial charge on any atom is -0.493 e. The van der Waals surface area contributed by atoms with Gasteiger partial charge in [0.25, 0.3) is 11.8 Å². The number of carbonyl (C=O) groups excluding carboxylic acids is 1. The molecule has 2 aliphatic heterocycles. The molecule has 3 fully saturated rings. The lowest BCUT2D eigenvalue weighted by atomic mass is 9.92. The van der Waals surface area contributed by atoms with Crippen LogP contribution in [0.2, 0.25) is 0 Å². The number of methoxy groups -OCH3 is 1. The van der Waals surface area contributed by atoms with Crippen molar-refractivity contribution in [2.24, 2.45) is 5.41 Å². The molecule has 5 rings (SSSR count). The van der Waals surface area contributed by atoms with Crippen LogP contribution in [0.15, 0.2) is 30.3 Å². The van der Waals surface area contributed by atoms with Gasteiger partial charge in [-0.25, -0.2) is 13.8 Å². The number of amides is 1. The molecule has 0 unspecified atom stereocenters. The molecule has 0 atom stereocenters. The fraction of sp³-hybridized carbons (Fsp3) is 0.538. The Kier molecular flexibility index (Phi) is 5.86. The molecule has 3 heterocycles. The number of hydrogen-bond donors (Lipinski definition) is 1. The molecule has 1 N–H and O–H groups in total. The number of ether oxygens (including phenoxy) is 1. The van der Waals surface area contributed by atoms with Gasteiger partial charge in [0.05, 0.1) is 12.7 Å². The largest absolute Gasteiger partial charge is 0.493 e. The number of anilines is 3. The van der Waals surface area contributed by atoms with Crippen molar-refractivity contribution in [2.75, 3.05) is 48.4 Å². The Morgan fingerprint density at radius 2 is 1.65 bits per heavy atom. The molecule has 1 aliphatic carbocycles. The molecule has 34 heavy (non-hydrogen) atoms. The number of hydrogen-bond acceptors (Lipinski definition) is 5. The third kappa shape index (κ3) is 4.68. The Balaban J connectivity index is 1.35. The lowest BCUT2D eigenvalue weighted by molar-refractivity contribution is -0.0222. The predicted molar refractivity (Wildman–Crippen MR) is 129 cm³/mol. The Morgan fingerprint density at radius 3 is 2.29 bits per heavy atom. The van der Waals surface area contributed by atoms with E-state index in [9.17, 15) is 13.6 Å². The Hall–Kier alpha value is -2.90. The summed E-state index contributed by atoms with van der Waals surface area (Å²) in [6.45, 7) is 4.35. The van der Waals surface area contributed by atoms with Crippen molar-refractivity contribution < 1.29 is 18.3 Å². The van der Waals surface area contributed by atoms with Crippen molar-refractivity contribution in [3.05, 3.63) is 41.5 Å². The standard InChI is InChI=1S/C26H32F2N4O2/c1-18-3-4-19(20(17-18)31-13-9-25(7-8-25)10-14-31)24(33)30-22-6-5-21(34-2)23(29-22)32-15-11-26(27,28)12-16-32/h3-6,17H,7-16H2,1-2H3,(H,29,30,33). The average Bonchev–Trinajstić information content (AvgIpc) is 3.58. The van der Waals surface area contributed by atoms with Gasteiger partial charge in [0.15, 0.2) is 11.6 Å². The topological polar surface area (TPSA) is 57.7 Å². The first kappa shape index (κ1) is 22.9. The summed E-state index contributed by atoms with van der Waals surface area (Å²) >= 11 is 0. The highest BCUT2D eigenvalue weighted by Gasteiger charge is 2.44. The number of alkyl halides is 2. The number of aromatic nitrogens is 1. The summed E-state index contributed by atoms with van der Waals surface area (Å²) in [5, 5.41) is 2.93. The van der Waals surface area contributed by atoms with Crippen LogP contribution >= 0.6 is 0 Å². The van der Waals surface area contributed by atoms with Crippen molar-refractivity contribution in [2.45, 2.75) is 51.4 Å². The number of nitrogens with zero attached hydrogens (tertiary/aromatic N) is 3. The maximum absolute atomic E-state index is 13.6. The van der Waals surface area contributed by atoms with Crippen LogP contribution in [0.5, 0.6) is 5.75 Å². The van der Waals surface area contributed by atoms with Gasteiger partial charge >= 0.3 is 0 Å². The zero-order valence-electron chi connectivity index (χ0n) is 19.9. The smallest absolute Gasteiger partial charge is 0.258 e. The second-order valence-corrected chi connectivity index (χ2v) is 10.0. The maximum atomic E-state index is 13.6. The van der Waals surface area contributed by atoms with E-state index in [1.54, 1.807) is 17.0 Å². The maximum Gasteiger partial charge on any atom is 0.258 e. The summed E-state index contributed by atoms with van der Waals surface area (Å²) in [6.07, 6.45) is 4.58. The monoisotopic (exact) mass is 470 g/mol. The summed E-state index contributed by atoms with van der Waals surface area (Å²) < 4.78 is 32.7. The van der Waals surface area contributed by atoms with E-state index in [4.69, 9.17) is 4.74 Å². The molecule has 1 spiro atoms. The third-order valence-corrected chi connectivity index (χ3v) is 7.62. The van der Waals surface area contributed by atoms with Gasteiger partial charge in [-0.05, 0) is 67.9 Å². The van der Waals surface area contributed by atoms with Crippen LogP contribution in [0.3, 0.4) is 0 Å². The van der Waals surface area contributed by atoms with E-state index >= 15 is 0 Å². The SMILES string of the molecule is COc1ccc(NC(=O)c2ccc(C)cc2N2CCC3(CC2)CC3)nc1N1CCC(F)(F)CC1. The molecule has 2 aromatic rings. The van der Waals surface area contributed by atoms with Crippen molar-refractivity contribution in [1.82, 2.24) is 4.98 Å². The number of pyridine rings is 1. The van der Waals surface area contributed by atoms with Gasteiger partial charge in [-0.1, -0.05) is 6.07 Å². The zero-order chi connectivity index (χ0) is 23.9. The van der Waals surface area contributed by atoms with E-state index < -0.39 is 5.92 Å². The summed E-state index contributed by atoms with van der Waals surface area (Å²) in [6, 6.07) is 9.32. The fourth-order valence-electron chi connectivity index (χ4n) is 5.11. The Labute approximate surface area is 199 Å². The third-order valence-electron chi connectivity index (χ3n) is 7.62. The molecular formula is C26H32F2N4O2. The predicted octanol–water partition coefficient (Wildman–Crippen LogP) is 5.27. The van der Waals surface area contributed by atoms with Gasteiger partial charge in [-0.3, -0.25) is 4.79 Å². The van der Waals surface area contributed by atoms with Crippen LogP contribution in [0, 0.1) is 12.3 Å². The van der Waals surface area contributed by atoms with Gasteiger partial charge in [0, 0.05) is 44.7 Å². The number of halogens is 2. The molecule has 0 bridgehead atoms. The lowest BCUT2D eigenvalue weighted by Gasteiger charge is -2.35. The van der Waals surface area contributed by atoms with Gasteiger partial charge < -0.3 is 19.9 Å². The normalized spacial score (nSPS) is 20.8. The highest BCUT2D eigenvalue weighted by atomic mass is 19.3. The van der Waals surface area contributed by atoms with Gasteiger partial charge in [0.2, 0.25) is 0 Å². The number of rotatable bonds is 5. The van der Waals surface area contributed by atoms with E-state index in [1.807, 2.05) is 19.1 Å².